The Bertz CT molecular complexity index is 1200. The summed E-state index contributed by atoms with van der Waals surface area (Å²) in [5.74, 6) is 1.22. The van der Waals surface area contributed by atoms with Crippen LogP contribution in [0.3, 0.4) is 0 Å². The highest BCUT2D eigenvalue weighted by Gasteiger charge is 2.27. The number of rotatable bonds is 10. The molecule has 0 spiro atoms. The molecule has 3 aromatic rings. The molecule has 2 aromatic carbocycles. The van der Waals surface area contributed by atoms with E-state index in [2.05, 4.69) is 4.90 Å². The molecule has 0 saturated carbocycles. The Hall–Kier alpha value is -3.85. The number of ether oxygens (including phenoxy) is 2. The van der Waals surface area contributed by atoms with Crippen LogP contribution in [-0.4, -0.2) is 66.1 Å². The summed E-state index contributed by atoms with van der Waals surface area (Å²) in [6, 6.07) is 17.9. The van der Waals surface area contributed by atoms with Crippen LogP contribution in [0.4, 0.5) is 9.18 Å². The minimum absolute atomic E-state index is 0.206. The number of piperazine rings is 1. The van der Waals surface area contributed by atoms with Gasteiger partial charge in [0.05, 0.1) is 19.8 Å². The molecule has 202 valence electrons. The predicted molar refractivity (Wildman–Crippen MR) is 140 cm³/mol. The minimum atomic E-state index is -0.356. The highest BCUT2D eigenvalue weighted by atomic mass is 19.1. The highest BCUT2D eigenvalue weighted by Crippen LogP contribution is 2.20. The zero-order valence-corrected chi connectivity index (χ0v) is 21.9. The molecule has 1 aromatic heterocycles. The van der Waals surface area contributed by atoms with E-state index in [1.807, 2.05) is 37.3 Å². The number of carbonyl (C=O) groups excluding carboxylic acids is 2. The lowest BCUT2D eigenvalue weighted by Crippen LogP contribution is -2.50. The van der Waals surface area contributed by atoms with Crippen molar-refractivity contribution in [3.8, 4) is 5.75 Å². The third-order valence-electron chi connectivity index (χ3n) is 6.28. The monoisotopic (exact) mass is 523 g/mol. The number of amides is 2. The molecule has 2 heterocycles. The average Bonchev–Trinajstić information content (AvgIpc) is 3.38. The van der Waals surface area contributed by atoms with Crippen molar-refractivity contribution >= 4 is 12.0 Å². The maximum absolute atomic E-state index is 13.8. The first-order chi connectivity index (χ1) is 18.4. The van der Waals surface area contributed by atoms with E-state index in [1.54, 1.807) is 34.9 Å². The Kier molecular flexibility index (Phi) is 9.37. The van der Waals surface area contributed by atoms with Gasteiger partial charge in [-0.05, 0) is 61.4 Å². The molecule has 0 N–H and O–H groups in total. The van der Waals surface area contributed by atoms with Crippen molar-refractivity contribution in [3.63, 3.8) is 0 Å². The van der Waals surface area contributed by atoms with Gasteiger partial charge < -0.3 is 23.7 Å². The Morgan fingerprint density at radius 3 is 2.26 bits per heavy atom. The Balaban J connectivity index is 1.42. The van der Waals surface area contributed by atoms with Crippen LogP contribution in [0.1, 0.15) is 41.3 Å². The first kappa shape index (κ1) is 27.2. The van der Waals surface area contributed by atoms with Gasteiger partial charge in [-0.25, -0.2) is 9.18 Å². The molecule has 4 rings (SSSR count). The molecule has 9 heteroatoms. The second-order valence-corrected chi connectivity index (χ2v) is 9.10. The summed E-state index contributed by atoms with van der Waals surface area (Å²) in [7, 11) is 0. The molecule has 2 amide bonds. The number of halogens is 1. The minimum Gasteiger partial charge on any atom is -0.494 e. The fraction of sp³-hybridized carbons (Fsp3) is 0.379. The number of hydrogen-bond donors (Lipinski definition) is 0. The van der Waals surface area contributed by atoms with Crippen molar-refractivity contribution in [1.29, 1.82) is 0 Å². The molecule has 0 radical (unpaired) electrons. The zero-order chi connectivity index (χ0) is 26.9. The summed E-state index contributed by atoms with van der Waals surface area (Å²) in [6.45, 7) is 7.84. The van der Waals surface area contributed by atoms with Gasteiger partial charge in [-0.15, -0.1) is 0 Å². The summed E-state index contributed by atoms with van der Waals surface area (Å²) in [6.07, 6.45) is -0.356. The topological polar surface area (TPSA) is 75.5 Å². The van der Waals surface area contributed by atoms with Gasteiger partial charge in [-0.3, -0.25) is 9.69 Å². The van der Waals surface area contributed by atoms with Crippen LogP contribution in [-0.2, 0) is 24.4 Å². The van der Waals surface area contributed by atoms with Crippen molar-refractivity contribution in [2.75, 3.05) is 39.4 Å². The molecule has 1 aliphatic rings. The third kappa shape index (κ3) is 7.35. The van der Waals surface area contributed by atoms with E-state index in [4.69, 9.17) is 13.9 Å². The quantitative estimate of drug-likeness (QED) is 0.375. The second kappa shape index (κ2) is 13.1. The van der Waals surface area contributed by atoms with Crippen LogP contribution in [0.5, 0.6) is 5.75 Å². The predicted octanol–water partition coefficient (Wildman–Crippen LogP) is 4.93. The molecule has 0 unspecified atom stereocenters. The molecule has 0 aliphatic carbocycles. The lowest BCUT2D eigenvalue weighted by atomic mass is 10.1. The van der Waals surface area contributed by atoms with Crippen molar-refractivity contribution in [1.82, 2.24) is 14.7 Å². The number of hydrogen-bond acceptors (Lipinski definition) is 6. The van der Waals surface area contributed by atoms with Crippen LogP contribution >= 0.6 is 0 Å². The van der Waals surface area contributed by atoms with E-state index in [0.29, 0.717) is 64.8 Å². The lowest BCUT2D eigenvalue weighted by Gasteiger charge is -2.33. The van der Waals surface area contributed by atoms with Gasteiger partial charge in [0.25, 0.3) is 5.91 Å². The summed E-state index contributed by atoms with van der Waals surface area (Å²) >= 11 is 0. The molecular weight excluding hydrogens is 489 g/mol. The Morgan fingerprint density at radius 1 is 0.868 bits per heavy atom. The van der Waals surface area contributed by atoms with Gasteiger partial charge in [-0.1, -0.05) is 24.3 Å². The van der Waals surface area contributed by atoms with Crippen molar-refractivity contribution in [3.05, 3.63) is 89.1 Å². The molecule has 38 heavy (non-hydrogen) atoms. The van der Waals surface area contributed by atoms with Crippen LogP contribution in [0.25, 0.3) is 0 Å². The van der Waals surface area contributed by atoms with Crippen LogP contribution in [0.2, 0.25) is 0 Å². The molecular formula is C29H34FN3O5. The molecule has 8 nitrogen and oxygen atoms in total. The van der Waals surface area contributed by atoms with Gasteiger partial charge >= 0.3 is 6.09 Å². The van der Waals surface area contributed by atoms with E-state index < -0.39 is 0 Å². The average molecular weight is 524 g/mol. The SMILES string of the molecule is CCOC(=O)N1CCN(C(=O)c2ccc(CN(Cc3ccc(OCC)cc3)Cc3cccc(F)c3)o2)CC1. The Labute approximate surface area is 222 Å². The highest BCUT2D eigenvalue weighted by molar-refractivity contribution is 5.91. The summed E-state index contributed by atoms with van der Waals surface area (Å²) in [4.78, 5) is 30.4. The smallest absolute Gasteiger partial charge is 0.409 e. The number of carbonyl (C=O) groups is 2. The zero-order valence-electron chi connectivity index (χ0n) is 21.9. The van der Waals surface area contributed by atoms with Gasteiger partial charge in [0, 0.05) is 39.3 Å². The van der Waals surface area contributed by atoms with Crippen molar-refractivity contribution in [2.45, 2.75) is 33.5 Å². The second-order valence-electron chi connectivity index (χ2n) is 9.10. The van der Waals surface area contributed by atoms with E-state index >= 15 is 0 Å². The number of furan rings is 1. The van der Waals surface area contributed by atoms with Gasteiger partial charge in [0.15, 0.2) is 5.76 Å². The molecule has 0 atom stereocenters. The van der Waals surface area contributed by atoms with E-state index in [0.717, 1.165) is 16.9 Å². The van der Waals surface area contributed by atoms with E-state index in [-0.39, 0.29) is 23.6 Å². The standard InChI is InChI=1S/C29H34FN3O5/c1-3-36-25-10-8-22(9-11-25)19-31(20-23-6-5-7-24(30)18-23)21-26-12-13-27(38-26)28(34)32-14-16-33(17-15-32)29(35)37-4-2/h5-13,18H,3-4,14-17,19-21H2,1-2H3. The normalized spacial score (nSPS) is 13.6. The fourth-order valence-electron chi connectivity index (χ4n) is 4.44. The lowest BCUT2D eigenvalue weighted by molar-refractivity contribution is 0.0543. The van der Waals surface area contributed by atoms with E-state index in [1.165, 1.54) is 12.1 Å². The van der Waals surface area contributed by atoms with E-state index in [9.17, 15) is 14.0 Å². The summed E-state index contributed by atoms with van der Waals surface area (Å²) in [5.41, 5.74) is 1.92. The van der Waals surface area contributed by atoms with Gasteiger partial charge in [0.1, 0.15) is 17.3 Å². The summed E-state index contributed by atoms with van der Waals surface area (Å²) in [5, 5.41) is 0. The van der Waals surface area contributed by atoms with Crippen LogP contribution < -0.4 is 4.74 Å². The largest absolute Gasteiger partial charge is 0.494 e. The Morgan fingerprint density at radius 2 is 1.58 bits per heavy atom. The molecule has 0 bridgehead atoms. The van der Waals surface area contributed by atoms with Gasteiger partial charge in [0.2, 0.25) is 0 Å². The third-order valence-corrected chi connectivity index (χ3v) is 6.28. The first-order valence-corrected chi connectivity index (χ1v) is 12.9. The molecule has 1 aliphatic heterocycles. The van der Waals surface area contributed by atoms with Gasteiger partial charge in [-0.2, -0.15) is 0 Å². The molecule has 1 fully saturated rings. The number of nitrogens with zero attached hydrogens (tertiary/aromatic N) is 3. The maximum Gasteiger partial charge on any atom is 0.409 e. The summed E-state index contributed by atoms with van der Waals surface area (Å²) < 4.78 is 30.4. The van der Waals surface area contributed by atoms with Crippen molar-refractivity contribution < 1.29 is 27.9 Å². The number of benzene rings is 2. The fourth-order valence-corrected chi connectivity index (χ4v) is 4.44. The van der Waals surface area contributed by atoms with Crippen LogP contribution in [0, 0.1) is 5.82 Å². The first-order valence-electron chi connectivity index (χ1n) is 12.9. The molecule has 1 saturated heterocycles. The maximum atomic E-state index is 13.8. The van der Waals surface area contributed by atoms with Crippen LogP contribution in [0.15, 0.2) is 65.1 Å². The van der Waals surface area contributed by atoms with Crippen molar-refractivity contribution in [2.24, 2.45) is 0 Å².